The van der Waals surface area contributed by atoms with Crippen LogP contribution in [0, 0.1) is 0 Å². The van der Waals surface area contributed by atoms with Crippen LogP contribution in [0.5, 0.6) is 0 Å². The Morgan fingerprint density at radius 2 is 2.16 bits per heavy atom. The third kappa shape index (κ3) is 4.31. The summed E-state index contributed by atoms with van der Waals surface area (Å²) in [7, 11) is 1.92. The number of halogens is 1. The van der Waals surface area contributed by atoms with E-state index in [1.165, 1.54) is 0 Å². The normalized spacial score (nSPS) is 12.5. The summed E-state index contributed by atoms with van der Waals surface area (Å²) < 4.78 is 2.89. The van der Waals surface area contributed by atoms with Crippen LogP contribution in [-0.4, -0.2) is 28.3 Å². The molecule has 1 heterocycles. The number of aryl methyl sites for hydroxylation is 2. The van der Waals surface area contributed by atoms with E-state index in [4.69, 9.17) is 0 Å². The first-order valence-electron chi connectivity index (χ1n) is 6.72. The molecule has 1 aromatic heterocycles. The number of hydrogen-bond acceptors (Lipinski definition) is 3. The Bertz CT molecular complexity index is 431. The highest BCUT2D eigenvalue weighted by Crippen LogP contribution is 2.21. The maximum absolute atomic E-state index is 11.7. The molecule has 19 heavy (non-hydrogen) atoms. The second-order valence-corrected chi connectivity index (χ2v) is 5.37. The van der Waals surface area contributed by atoms with Gasteiger partial charge in [-0.15, -0.1) is 0 Å². The van der Waals surface area contributed by atoms with Crippen molar-refractivity contribution in [1.82, 2.24) is 20.4 Å². The van der Waals surface area contributed by atoms with Gasteiger partial charge in [-0.05, 0) is 35.7 Å². The van der Waals surface area contributed by atoms with Gasteiger partial charge in [-0.25, -0.2) is 0 Å². The van der Waals surface area contributed by atoms with Gasteiger partial charge < -0.3 is 10.6 Å². The predicted molar refractivity (Wildman–Crippen MR) is 79.9 cm³/mol. The summed E-state index contributed by atoms with van der Waals surface area (Å²) >= 11 is 3.57. The first-order valence-corrected chi connectivity index (χ1v) is 7.51. The van der Waals surface area contributed by atoms with Gasteiger partial charge in [0.05, 0.1) is 21.9 Å². The molecule has 0 fully saturated rings. The fourth-order valence-electron chi connectivity index (χ4n) is 1.76. The molecule has 2 N–H and O–H groups in total. The molecule has 0 radical (unpaired) electrons. The lowest BCUT2D eigenvalue weighted by Gasteiger charge is -2.14. The largest absolute Gasteiger partial charge is 0.355 e. The van der Waals surface area contributed by atoms with Crippen molar-refractivity contribution in [3.8, 4) is 0 Å². The summed E-state index contributed by atoms with van der Waals surface area (Å²) in [6.07, 6.45) is 1.84. The van der Waals surface area contributed by atoms with Crippen LogP contribution >= 0.6 is 15.9 Å². The van der Waals surface area contributed by atoms with E-state index in [1.807, 2.05) is 25.6 Å². The molecule has 0 aliphatic rings. The van der Waals surface area contributed by atoms with E-state index in [0.717, 1.165) is 35.2 Å². The Morgan fingerprint density at radius 1 is 1.47 bits per heavy atom. The van der Waals surface area contributed by atoms with Gasteiger partial charge in [0.25, 0.3) is 0 Å². The second-order valence-electron chi connectivity index (χ2n) is 4.58. The zero-order valence-electron chi connectivity index (χ0n) is 12.1. The van der Waals surface area contributed by atoms with Gasteiger partial charge >= 0.3 is 0 Å². The molecule has 0 aliphatic carbocycles. The number of carbonyl (C=O) groups is 1. The van der Waals surface area contributed by atoms with Crippen LogP contribution in [0.25, 0.3) is 0 Å². The average Bonchev–Trinajstić information content (AvgIpc) is 2.68. The van der Waals surface area contributed by atoms with Crippen molar-refractivity contribution in [3.63, 3.8) is 0 Å². The number of nitrogens with one attached hydrogen (secondary N) is 2. The summed E-state index contributed by atoms with van der Waals surface area (Å²) in [6.45, 7) is 7.32. The van der Waals surface area contributed by atoms with Crippen LogP contribution in [0.2, 0.25) is 0 Å². The second kappa shape index (κ2) is 7.65. The SMILES string of the molecule is CCCNC(=O)C(C)NCc1c(Br)c(CC)nn1C. The quantitative estimate of drug-likeness (QED) is 0.800. The monoisotopic (exact) mass is 330 g/mol. The summed E-state index contributed by atoms with van der Waals surface area (Å²) in [5.41, 5.74) is 2.11. The summed E-state index contributed by atoms with van der Waals surface area (Å²) in [5, 5.41) is 10.5. The predicted octanol–water partition coefficient (Wildman–Crippen LogP) is 1.75. The Hall–Kier alpha value is -0.880. The lowest BCUT2D eigenvalue weighted by Crippen LogP contribution is -2.42. The molecule has 6 heteroatoms. The van der Waals surface area contributed by atoms with Crippen LogP contribution in [0.1, 0.15) is 38.6 Å². The maximum atomic E-state index is 11.7. The fraction of sp³-hybridized carbons (Fsp3) is 0.692. The van der Waals surface area contributed by atoms with Crippen LogP contribution in [0.4, 0.5) is 0 Å². The zero-order valence-corrected chi connectivity index (χ0v) is 13.7. The van der Waals surface area contributed by atoms with Gasteiger partial charge in [0.2, 0.25) is 5.91 Å². The molecule has 0 aliphatic heterocycles. The number of nitrogens with zero attached hydrogens (tertiary/aromatic N) is 2. The summed E-state index contributed by atoms with van der Waals surface area (Å²) in [6, 6.07) is -0.210. The Balaban J connectivity index is 2.57. The van der Waals surface area contributed by atoms with E-state index in [0.29, 0.717) is 6.54 Å². The van der Waals surface area contributed by atoms with Crippen molar-refractivity contribution in [2.24, 2.45) is 7.05 Å². The van der Waals surface area contributed by atoms with Crippen molar-refractivity contribution >= 4 is 21.8 Å². The van der Waals surface area contributed by atoms with E-state index in [9.17, 15) is 4.79 Å². The third-order valence-corrected chi connectivity index (χ3v) is 3.94. The molecule has 0 saturated heterocycles. The number of rotatable bonds is 7. The minimum absolute atomic E-state index is 0.0378. The average molecular weight is 331 g/mol. The van der Waals surface area contributed by atoms with E-state index in [2.05, 4.69) is 38.6 Å². The minimum Gasteiger partial charge on any atom is -0.355 e. The van der Waals surface area contributed by atoms with Gasteiger partial charge in [-0.1, -0.05) is 13.8 Å². The van der Waals surface area contributed by atoms with Gasteiger partial charge in [0.1, 0.15) is 0 Å². The number of aromatic nitrogens is 2. The van der Waals surface area contributed by atoms with Crippen LogP contribution < -0.4 is 10.6 Å². The van der Waals surface area contributed by atoms with Crippen molar-refractivity contribution < 1.29 is 4.79 Å². The van der Waals surface area contributed by atoms with E-state index in [-0.39, 0.29) is 11.9 Å². The fourth-order valence-corrected chi connectivity index (χ4v) is 2.51. The lowest BCUT2D eigenvalue weighted by molar-refractivity contribution is -0.122. The maximum Gasteiger partial charge on any atom is 0.236 e. The van der Waals surface area contributed by atoms with E-state index >= 15 is 0 Å². The third-order valence-electron chi connectivity index (χ3n) is 3.02. The minimum atomic E-state index is -0.210. The van der Waals surface area contributed by atoms with Crippen molar-refractivity contribution in [2.75, 3.05) is 6.54 Å². The number of amides is 1. The van der Waals surface area contributed by atoms with Crippen LogP contribution in [-0.2, 0) is 24.8 Å². The molecule has 1 aromatic rings. The molecule has 1 unspecified atom stereocenters. The number of carbonyl (C=O) groups excluding carboxylic acids is 1. The molecule has 5 nitrogen and oxygen atoms in total. The van der Waals surface area contributed by atoms with Gasteiger partial charge in [-0.2, -0.15) is 5.10 Å². The van der Waals surface area contributed by atoms with E-state index < -0.39 is 0 Å². The van der Waals surface area contributed by atoms with E-state index in [1.54, 1.807) is 0 Å². The summed E-state index contributed by atoms with van der Waals surface area (Å²) in [5.74, 6) is 0.0378. The topological polar surface area (TPSA) is 59.0 Å². The highest BCUT2D eigenvalue weighted by Gasteiger charge is 2.15. The Morgan fingerprint density at radius 3 is 2.68 bits per heavy atom. The summed E-state index contributed by atoms with van der Waals surface area (Å²) in [4.78, 5) is 11.7. The zero-order chi connectivity index (χ0) is 14.4. The Labute approximate surface area is 123 Å². The molecule has 0 bridgehead atoms. The molecule has 1 atom stereocenters. The molecule has 108 valence electrons. The van der Waals surface area contributed by atoms with Crippen molar-refractivity contribution in [1.29, 1.82) is 0 Å². The molecule has 1 amide bonds. The Kier molecular flexibility index (Phi) is 6.51. The molecular weight excluding hydrogens is 308 g/mol. The van der Waals surface area contributed by atoms with Gasteiger partial charge in [0.15, 0.2) is 0 Å². The van der Waals surface area contributed by atoms with Crippen LogP contribution in [0.3, 0.4) is 0 Å². The highest BCUT2D eigenvalue weighted by atomic mass is 79.9. The molecule has 0 spiro atoms. The number of hydrogen-bond donors (Lipinski definition) is 2. The smallest absolute Gasteiger partial charge is 0.236 e. The molecule has 1 rings (SSSR count). The van der Waals surface area contributed by atoms with Gasteiger partial charge in [0, 0.05) is 20.1 Å². The van der Waals surface area contributed by atoms with Gasteiger partial charge in [-0.3, -0.25) is 9.48 Å². The molecular formula is C13H23BrN4O. The van der Waals surface area contributed by atoms with Crippen molar-refractivity contribution in [3.05, 3.63) is 15.9 Å². The highest BCUT2D eigenvalue weighted by molar-refractivity contribution is 9.10. The van der Waals surface area contributed by atoms with Crippen molar-refractivity contribution in [2.45, 2.75) is 46.2 Å². The molecule has 0 saturated carbocycles. The first kappa shape index (κ1) is 16.2. The standard InChI is InChI=1S/C13H23BrN4O/c1-5-7-15-13(19)9(3)16-8-11-12(14)10(6-2)17-18(11)4/h9,16H,5-8H2,1-4H3,(H,15,19). The molecule has 0 aromatic carbocycles. The first-order chi connectivity index (χ1) is 9.01. The van der Waals surface area contributed by atoms with Crippen LogP contribution in [0.15, 0.2) is 4.47 Å². The lowest BCUT2D eigenvalue weighted by atomic mass is 10.2.